The van der Waals surface area contributed by atoms with Crippen LogP contribution in [0.25, 0.3) is 0 Å². The van der Waals surface area contributed by atoms with Gasteiger partial charge in [-0.1, -0.05) is 10.3 Å². The van der Waals surface area contributed by atoms with Crippen LogP contribution in [-0.4, -0.2) is 28.0 Å². The molecule has 0 fully saturated rings. The van der Waals surface area contributed by atoms with Crippen molar-refractivity contribution in [1.29, 1.82) is 0 Å². The van der Waals surface area contributed by atoms with Gasteiger partial charge in [-0.3, -0.25) is 14.4 Å². The first-order valence-corrected chi connectivity index (χ1v) is 7.65. The zero-order chi connectivity index (χ0) is 18.4. The number of hydrogen-bond acceptors (Lipinski definition) is 7. The van der Waals surface area contributed by atoms with E-state index in [9.17, 15) is 14.4 Å². The van der Waals surface area contributed by atoms with Crippen LogP contribution in [0.1, 0.15) is 42.6 Å². The standard InChI is InChI=1S/C17H12N4O5/c1-8-5-13(19-25-8)18-15(22)10-3-4-11-12(7-10)17(24)21(16(11)23)14-6-9(2)26-20-14/h3-7H,1-2H3,(H,18,19,22). The molecule has 130 valence electrons. The van der Waals surface area contributed by atoms with E-state index in [1.165, 1.54) is 24.3 Å². The lowest BCUT2D eigenvalue weighted by Gasteiger charge is -2.07. The van der Waals surface area contributed by atoms with Gasteiger partial charge in [-0.05, 0) is 32.0 Å². The van der Waals surface area contributed by atoms with Crippen LogP contribution in [0.3, 0.4) is 0 Å². The van der Waals surface area contributed by atoms with Gasteiger partial charge in [0.2, 0.25) is 0 Å². The molecule has 26 heavy (non-hydrogen) atoms. The summed E-state index contributed by atoms with van der Waals surface area (Å²) in [6.45, 7) is 3.35. The first-order chi connectivity index (χ1) is 12.4. The van der Waals surface area contributed by atoms with Crippen LogP contribution >= 0.6 is 0 Å². The molecule has 3 amide bonds. The van der Waals surface area contributed by atoms with Gasteiger partial charge in [0, 0.05) is 17.7 Å². The summed E-state index contributed by atoms with van der Waals surface area (Å²) in [5.41, 5.74) is 0.535. The molecule has 0 atom stereocenters. The number of carbonyl (C=O) groups is 3. The summed E-state index contributed by atoms with van der Waals surface area (Å²) in [6.07, 6.45) is 0. The summed E-state index contributed by atoms with van der Waals surface area (Å²) < 4.78 is 9.81. The molecule has 0 spiro atoms. The number of nitrogens with one attached hydrogen (secondary N) is 1. The summed E-state index contributed by atoms with van der Waals surface area (Å²) in [5.74, 6) is -0.166. The fraction of sp³-hybridized carbons (Fsp3) is 0.118. The monoisotopic (exact) mass is 352 g/mol. The average molecular weight is 352 g/mol. The number of nitrogens with zero attached hydrogens (tertiary/aromatic N) is 3. The maximum Gasteiger partial charge on any atom is 0.267 e. The van der Waals surface area contributed by atoms with Crippen molar-refractivity contribution in [3.8, 4) is 0 Å². The molecule has 0 radical (unpaired) electrons. The average Bonchev–Trinajstić information content (AvgIpc) is 3.28. The van der Waals surface area contributed by atoms with Gasteiger partial charge in [0.05, 0.1) is 11.1 Å². The Morgan fingerprint density at radius 3 is 2.31 bits per heavy atom. The zero-order valence-corrected chi connectivity index (χ0v) is 13.8. The predicted octanol–water partition coefficient (Wildman–Crippen LogP) is 2.33. The highest BCUT2D eigenvalue weighted by Crippen LogP contribution is 2.29. The summed E-state index contributed by atoms with van der Waals surface area (Å²) in [7, 11) is 0. The molecule has 0 saturated carbocycles. The van der Waals surface area contributed by atoms with Crippen LogP contribution in [-0.2, 0) is 0 Å². The van der Waals surface area contributed by atoms with Gasteiger partial charge in [0.1, 0.15) is 11.5 Å². The smallest absolute Gasteiger partial charge is 0.267 e. The Morgan fingerprint density at radius 1 is 0.962 bits per heavy atom. The fourth-order valence-corrected chi connectivity index (χ4v) is 2.66. The van der Waals surface area contributed by atoms with E-state index >= 15 is 0 Å². The Kier molecular flexibility index (Phi) is 3.43. The van der Waals surface area contributed by atoms with E-state index in [2.05, 4.69) is 15.6 Å². The second-order valence-corrected chi connectivity index (χ2v) is 5.78. The van der Waals surface area contributed by atoms with Gasteiger partial charge in [0.25, 0.3) is 17.7 Å². The van der Waals surface area contributed by atoms with Crippen molar-refractivity contribution in [1.82, 2.24) is 10.3 Å². The number of hydrogen-bond donors (Lipinski definition) is 1. The molecule has 0 unspecified atom stereocenters. The molecule has 0 aliphatic carbocycles. The van der Waals surface area contributed by atoms with Gasteiger partial charge in [-0.2, -0.15) is 0 Å². The van der Waals surface area contributed by atoms with E-state index in [0.29, 0.717) is 11.5 Å². The minimum absolute atomic E-state index is 0.109. The molecular weight excluding hydrogens is 340 g/mol. The third-order valence-corrected chi connectivity index (χ3v) is 3.86. The lowest BCUT2D eigenvalue weighted by Crippen LogP contribution is -2.29. The lowest BCUT2D eigenvalue weighted by atomic mass is 10.1. The number of carbonyl (C=O) groups excluding carboxylic acids is 3. The second kappa shape index (κ2) is 5.66. The highest BCUT2D eigenvalue weighted by atomic mass is 16.5. The topological polar surface area (TPSA) is 119 Å². The van der Waals surface area contributed by atoms with Crippen LogP contribution in [0.2, 0.25) is 0 Å². The van der Waals surface area contributed by atoms with Crippen LogP contribution in [0.15, 0.2) is 39.4 Å². The SMILES string of the molecule is Cc1cc(NC(=O)c2ccc3c(c2)C(=O)N(c2cc(C)on2)C3=O)no1. The third-order valence-electron chi connectivity index (χ3n) is 3.86. The van der Waals surface area contributed by atoms with E-state index in [-0.39, 0.29) is 28.3 Å². The highest BCUT2D eigenvalue weighted by Gasteiger charge is 2.38. The minimum atomic E-state index is -0.565. The van der Waals surface area contributed by atoms with Crippen molar-refractivity contribution in [2.24, 2.45) is 0 Å². The number of anilines is 2. The minimum Gasteiger partial charge on any atom is -0.360 e. The van der Waals surface area contributed by atoms with Gasteiger partial charge in [-0.25, -0.2) is 4.90 Å². The molecular formula is C17H12N4O5. The van der Waals surface area contributed by atoms with Crippen LogP contribution < -0.4 is 10.2 Å². The van der Waals surface area contributed by atoms with Crippen molar-refractivity contribution >= 4 is 29.4 Å². The maximum atomic E-state index is 12.6. The molecule has 3 heterocycles. The number of imide groups is 1. The summed E-state index contributed by atoms with van der Waals surface area (Å²) in [4.78, 5) is 38.4. The molecule has 1 aromatic carbocycles. The van der Waals surface area contributed by atoms with Crippen molar-refractivity contribution < 1.29 is 23.4 Å². The van der Waals surface area contributed by atoms with Crippen molar-refractivity contribution in [3.63, 3.8) is 0 Å². The quantitative estimate of drug-likeness (QED) is 0.719. The Balaban J connectivity index is 1.64. The number of aromatic nitrogens is 2. The maximum absolute atomic E-state index is 12.6. The zero-order valence-electron chi connectivity index (χ0n) is 13.8. The number of aryl methyl sites for hydroxylation is 2. The largest absolute Gasteiger partial charge is 0.360 e. The van der Waals surface area contributed by atoms with Crippen molar-refractivity contribution in [2.45, 2.75) is 13.8 Å². The Hall–Kier alpha value is -3.75. The fourth-order valence-electron chi connectivity index (χ4n) is 2.66. The van der Waals surface area contributed by atoms with E-state index in [1.807, 2.05) is 0 Å². The normalized spacial score (nSPS) is 13.2. The lowest BCUT2D eigenvalue weighted by molar-refractivity contribution is 0.0923. The van der Waals surface area contributed by atoms with Gasteiger partial charge in [-0.15, -0.1) is 0 Å². The van der Waals surface area contributed by atoms with Crippen LogP contribution in [0, 0.1) is 13.8 Å². The van der Waals surface area contributed by atoms with Gasteiger partial charge < -0.3 is 14.4 Å². The number of fused-ring (bicyclic) bond motifs is 1. The Morgan fingerprint density at radius 2 is 1.65 bits per heavy atom. The second-order valence-electron chi connectivity index (χ2n) is 5.78. The van der Waals surface area contributed by atoms with E-state index in [1.54, 1.807) is 19.9 Å². The molecule has 3 aromatic rings. The van der Waals surface area contributed by atoms with E-state index < -0.39 is 17.7 Å². The summed E-state index contributed by atoms with van der Waals surface area (Å²) in [5, 5.41) is 9.95. The van der Waals surface area contributed by atoms with E-state index in [0.717, 1.165) is 4.90 Å². The molecule has 4 rings (SSSR count). The van der Waals surface area contributed by atoms with Crippen molar-refractivity contribution in [3.05, 3.63) is 58.5 Å². The predicted molar refractivity (Wildman–Crippen MR) is 88.0 cm³/mol. The number of benzene rings is 1. The van der Waals surface area contributed by atoms with Gasteiger partial charge in [0.15, 0.2) is 11.6 Å². The van der Waals surface area contributed by atoms with Crippen LogP contribution in [0.5, 0.6) is 0 Å². The van der Waals surface area contributed by atoms with Crippen LogP contribution in [0.4, 0.5) is 11.6 Å². The summed E-state index contributed by atoms with van der Waals surface area (Å²) in [6, 6.07) is 7.32. The molecule has 9 nitrogen and oxygen atoms in total. The molecule has 1 aliphatic heterocycles. The summed E-state index contributed by atoms with van der Waals surface area (Å²) >= 11 is 0. The first-order valence-electron chi connectivity index (χ1n) is 7.65. The van der Waals surface area contributed by atoms with E-state index in [4.69, 9.17) is 9.05 Å². The molecule has 2 aromatic heterocycles. The van der Waals surface area contributed by atoms with Gasteiger partial charge >= 0.3 is 0 Å². The number of amides is 3. The third kappa shape index (κ3) is 2.46. The Bertz CT molecular complexity index is 1060. The molecule has 0 saturated heterocycles. The highest BCUT2D eigenvalue weighted by molar-refractivity contribution is 6.34. The number of rotatable bonds is 3. The molecule has 9 heteroatoms. The molecule has 1 N–H and O–H groups in total. The molecule has 1 aliphatic rings. The first kappa shape index (κ1) is 15.8. The van der Waals surface area contributed by atoms with Crippen molar-refractivity contribution in [2.75, 3.05) is 10.2 Å². The Labute approximate surface area is 146 Å². The molecule has 0 bridgehead atoms.